The number of carbonyl (C=O) groups is 2. The molecule has 3 aromatic rings. The van der Waals surface area contributed by atoms with Crippen LogP contribution in [-0.2, 0) is 4.79 Å². The zero-order chi connectivity index (χ0) is 24.8. The van der Waals surface area contributed by atoms with Crippen LogP contribution in [0.2, 0.25) is 0 Å². The Labute approximate surface area is 207 Å². The number of hydrogen-bond acceptors (Lipinski definition) is 6. The number of nitrogens with one attached hydrogen (secondary N) is 1. The first-order valence-corrected chi connectivity index (χ1v) is 12.2. The van der Waals surface area contributed by atoms with Crippen LogP contribution in [0.5, 0.6) is 0 Å². The highest BCUT2D eigenvalue weighted by molar-refractivity contribution is 6.13. The quantitative estimate of drug-likeness (QED) is 0.494. The van der Waals surface area contributed by atoms with Gasteiger partial charge in [-0.2, -0.15) is 0 Å². The molecular weight excluding hydrogens is 438 g/mol. The smallest absolute Gasteiger partial charge is 0.225 e. The van der Waals surface area contributed by atoms with Crippen molar-refractivity contribution in [1.29, 1.82) is 0 Å². The average molecular weight is 472 g/mol. The largest absolute Gasteiger partial charge is 0.354 e. The van der Waals surface area contributed by atoms with Crippen molar-refractivity contribution in [3.05, 3.63) is 83.3 Å². The van der Waals surface area contributed by atoms with Crippen molar-refractivity contribution in [2.75, 3.05) is 42.9 Å². The molecule has 182 valence electrons. The van der Waals surface area contributed by atoms with Gasteiger partial charge >= 0.3 is 0 Å². The van der Waals surface area contributed by atoms with Crippen molar-refractivity contribution in [1.82, 2.24) is 14.9 Å². The van der Waals surface area contributed by atoms with Gasteiger partial charge in [0.2, 0.25) is 5.91 Å². The molecule has 1 fully saturated rings. The summed E-state index contributed by atoms with van der Waals surface area (Å²) in [5, 5.41) is 2.94. The van der Waals surface area contributed by atoms with E-state index in [-0.39, 0.29) is 11.7 Å². The van der Waals surface area contributed by atoms with Crippen molar-refractivity contribution in [3.8, 4) is 0 Å². The number of carbonyl (C=O) groups excluding carboxylic acids is 2. The van der Waals surface area contributed by atoms with E-state index in [2.05, 4.69) is 33.9 Å². The maximum atomic E-state index is 12.9. The molecule has 0 unspecified atom stereocenters. The zero-order valence-electron chi connectivity index (χ0n) is 20.7. The standard InChI is InChI=1S/C28H33N5O2/c1-20(2)28-29-21(3)19-25(31-28)33-17-15-32(16-18-33)14-13-26(34)30-24-12-8-7-11-23(24)27(35)22-9-5-4-6-10-22/h4-12,19-20H,13-18H2,1-3H3,(H,30,34). The number of para-hydroxylation sites is 1. The molecule has 7 nitrogen and oxygen atoms in total. The Morgan fingerprint density at radius 2 is 1.63 bits per heavy atom. The lowest BCUT2D eigenvalue weighted by Crippen LogP contribution is -2.47. The molecule has 7 heteroatoms. The number of ketones is 1. The summed E-state index contributed by atoms with van der Waals surface area (Å²) in [4.78, 5) is 39.5. The summed E-state index contributed by atoms with van der Waals surface area (Å²) < 4.78 is 0. The second-order valence-corrected chi connectivity index (χ2v) is 9.25. The van der Waals surface area contributed by atoms with Gasteiger partial charge in [0, 0.05) is 67.9 Å². The fourth-order valence-electron chi connectivity index (χ4n) is 4.20. The fourth-order valence-corrected chi connectivity index (χ4v) is 4.20. The molecule has 2 aromatic carbocycles. The van der Waals surface area contributed by atoms with Gasteiger partial charge in [0.25, 0.3) is 0 Å². The minimum atomic E-state index is -0.0989. The lowest BCUT2D eigenvalue weighted by Gasteiger charge is -2.35. The van der Waals surface area contributed by atoms with Gasteiger partial charge in [0.15, 0.2) is 5.78 Å². The third-order valence-electron chi connectivity index (χ3n) is 6.21. The summed E-state index contributed by atoms with van der Waals surface area (Å²) in [7, 11) is 0. The molecule has 1 N–H and O–H groups in total. The molecule has 2 heterocycles. The molecule has 1 saturated heterocycles. The number of hydrogen-bond donors (Lipinski definition) is 1. The normalized spacial score (nSPS) is 14.2. The Morgan fingerprint density at radius 3 is 2.34 bits per heavy atom. The van der Waals surface area contributed by atoms with Gasteiger partial charge in [0.05, 0.1) is 5.69 Å². The van der Waals surface area contributed by atoms with Gasteiger partial charge in [-0.15, -0.1) is 0 Å². The van der Waals surface area contributed by atoms with Gasteiger partial charge in [-0.05, 0) is 19.1 Å². The molecule has 0 radical (unpaired) electrons. The highest BCUT2D eigenvalue weighted by Crippen LogP contribution is 2.21. The van der Waals surface area contributed by atoms with Crippen molar-refractivity contribution in [2.45, 2.75) is 33.1 Å². The maximum Gasteiger partial charge on any atom is 0.225 e. The van der Waals surface area contributed by atoms with E-state index >= 15 is 0 Å². The summed E-state index contributed by atoms with van der Waals surface area (Å²) in [6, 6.07) is 18.3. The molecule has 1 amide bonds. The Hall–Kier alpha value is -3.58. The Kier molecular flexibility index (Phi) is 7.87. The molecule has 1 aliphatic rings. The van der Waals surface area contributed by atoms with Crippen LogP contribution in [-0.4, -0.2) is 59.3 Å². The molecule has 0 aliphatic carbocycles. The molecular formula is C28H33N5O2. The van der Waals surface area contributed by atoms with Gasteiger partial charge in [-0.25, -0.2) is 9.97 Å². The summed E-state index contributed by atoms with van der Waals surface area (Å²) in [6.45, 7) is 10.4. The first-order chi connectivity index (χ1) is 16.9. The van der Waals surface area contributed by atoms with Gasteiger partial charge in [0.1, 0.15) is 11.6 Å². The van der Waals surface area contributed by atoms with Crippen LogP contribution in [0.1, 0.15) is 53.6 Å². The van der Waals surface area contributed by atoms with E-state index in [1.54, 1.807) is 24.3 Å². The fraction of sp³-hybridized carbons (Fsp3) is 0.357. The Bertz CT molecular complexity index is 1170. The van der Waals surface area contributed by atoms with Crippen LogP contribution in [0, 0.1) is 6.92 Å². The minimum Gasteiger partial charge on any atom is -0.354 e. The number of amides is 1. The van der Waals surface area contributed by atoms with E-state index in [0.29, 0.717) is 35.7 Å². The van der Waals surface area contributed by atoms with Crippen molar-refractivity contribution in [2.24, 2.45) is 0 Å². The molecule has 0 spiro atoms. The summed E-state index contributed by atoms with van der Waals surface area (Å²) >= 11 is 0. The van der Waals surface area contributed by atoms with Gasteiger partial charge < -0.3 is 10.2 Å². The summed E-state index contributed by atoms with van der Waals surface area (Å²) in [5.74, 6) is 1.97. The molecule has 1 aromatic heterocycles. The number of aryl methyl sites for hydroxylation is 1. The third kappa shape index (κ3) is 6.31. The lowest BCUT2D eigenvalue weighted by molar-refractivity contribution is -0.116. The highest BCUT2D eigenvalue weighted by Gasteiger charge is 2.21. The van der Waals surface area contributed by atoms with Crippen LogP contribution < -0.4 is 10.2 Å². The SMILES string of the molecule is Cc1cc(N2CCN(CCC(=O)Nc3ccccc3C(=O)c3ccccc3)CC2)nc(C(C)C)n1. The predicted molar refractivity (Wildman–Crippen MR) is 139 cm³/mol. The second kappa shape index (κ2) is 11.2. The lowest BCUT2D eigenvalue weighted by atomic mass is 10.0. The molecule has 0 bridgehead atoms. The van der Waals surface area contributed by atoms with E-state index in [1.807, 2.05) is 43.3 Å². The van der Waals surface area contributed by atoms with Crippen molar-refractivity contribution in [3.63, 3.8) is 0 Å². The van der Waals surface area contributed by atoms with Crippen molar-refractivity contribution < 1.29 is 9.59 Å². The highest BCUT2D eigenvalue weighted by atomic mass is 16.1. The zero-order valence-corrected chi connectivity index (χ0v) is 20.7. The topological polar surface area (TPSA) is 78.4 Å². The number of anilines is 2. The van der Waals surface area contributed by atoms with Crippen LogP contribution >= 0.6 is 0 Å². The molecule has 0 atom stereocenters. The maximum absolute atomic E-state index is 12.9. The van der Waals surface area contributed by atoms with Crippen molar-refractivity contribution >= 4 is 23.2 Å². The summed E-state index contributed by atoms with van der Waals surface area (Å²) in [5.41, 5.74) is 2.65. The average Bonchev–Trinajstić information content (AvgIpc) is 2.88. The van der Waals surface area contributed by atoms with Crippen LogP contribution in [0.4, 0.5) is 11.5 Å². The van der Waals surface area contributed by atoms with Crippen LogP contribution in [0.3, 0.4) is 0 Å². The Balaban J connectivity index is 1.30. The second-order valence-electron chi connectivity index (χ2n) is 9.25. The van der Waals surface area contributed by atoms with Crippen LogP contribution in [0.15, 0.2) is 60.7 Å². The predicted octanol–water partition coefficient (Wildman–Crippen LogP) is 4.29. The van der Waals surface area contributed by atoms with E-state index in [1.165, 1.54) is 0 Å². The van der Waals surface area contributed by atoms with E-state index in [4.69, 9.17) is 4.98 Å². The first-order valence-electron chi connectivity index (χ1n) is 12.2. The number of nitrogens with zero attached hydrogens (tertiary/aromatic N) is 4. The number of rotatable bonds is 8. The Morgan fingerprint density at radius 1 is 0.943 bits per heavy atom. The van der Waals surface area contributed by atoms with Gasteiger partial charge in [-0.3, -0.25) is 14.5 Å². The first kappa shape index (κ1) is 24.5. The number of benzene rings is 2. The number of aromatic nitrogens is 2. The van der Waals surface area contributed by atoms with E-state index < -0.39 is 0 Å². The molecule has 1 aliphatic heterocycles. The minimum absolute atomic E-state index is 0.0891. The van der Waals surface area contributed by atoms with Crippen LogP contribution in [0.25, 0.3) is 0 Å². The molecule has 35 heavy (non-hydrogen) atoms. The third-order valence-corrected chi connectivity index (χ3v) is 6.21. The van der Waals surface area contributed by atoms with E-state index in [0.717, 1.165) is 43.5 Å². The number of piperazine rings is 1. The summed E-state index contributed by atoms with van der Waals surface area (Å²) in [6.07, 6.45) is 0.373. The molecule has 4 rings (SSSR count). The monoisotopic (exact) mass is 471 g/mol. The van der Waals surface area contributed by atoms with Gasteiger partial charge in [-0.1, -0.05) is 56.3 Å². The van der Waals surface area contributed by atoms with E-state index in [9.17, 15) is 9.59 Å². The molecule has 0 saturated carbocycles.